The van der Waals surface area contributed by atoms with Crippen molar-refractivity contribution in [3.05, 3.63) is 89.1 Å². The molecule has 49 heavy (non-hydrogen) atoms. The Hall–Kier alpha value is -4.67. The number of aryl methyl sites for hydroxylation is 1. The van der Waals surface area contributed by atoms with Gasteiger partial charge in [-0.2, -0.15) is 0 Å². The molecular formula is C38H44ClN5O5. The summed E-state index contributed by atoms with van der Waals surface area (Å²) in [4.78, 5) is 54.0. The van der Waals surface area contributed by atoms with Gasteiger partial charge in [-0.3, -0.25) is 14.4 Å². The fourth-order valence-electron chi connectivity index (χ4n) is 6.71. The fourth-order valence-corrected chi connectivity index (χ4v) is 6.71. The molecule has 3 aromatic carbocycles. The van der Waals surface area contributed by atoms with Crippen molar-refractivity contribution in [2.24, 2.45) is 17.6 Å². The van der Waals surface area contributed by atoms with Crippen molar-refractivity contribution in [3.63, 3.8) is 0 Å². The molecule has 3 amide bonds. The van der Waals surface area contributed by atoms with Gasteiger partial charge in [-0.15, -0.1) is 12.4 Å². The number of halogens is 1. The van der Waals surface area contributed by atoms with Crippen molar-refractivity contribution < 1.29 is 24.3 Å². The summed E-state index contributed by atoms with van der Waals surface area (Å²) in [6, 6.07) is 19.8. The second-order valence-electron chi connectivity index (χ2n) is 13.3. The minimum absolute atomic E-state index is 0. The van der Waals surface area contributed by atoms with Crippen LogP contribution in [0.2, 0.25) is 0 Å². The number of hydrogen-bond acceptors (Lipinski definition) is 5. The Kier molecular flexibility index (Phi) is 11.4. The molecule has 0 spiro atoms. The highest BCUT2D eigenvalue weighted by molar-refractivity contribution is 6.00. The molecule has 7 N–H and O–H groups in total. The Balaban J connectivity index is 0.00000468. The molecule has 0 saturated heterocycles. The number of aromatic amines is 1. The standard InChI is InChI=1S/C38H43N5O5.ClH/c1-22-17-28(36(45)40-29-3-2-4-29)14-16-31(22)25-9-5-23(6-10-25)18-33(43-35(44)26-11-7-24(21-39)8-12-26)37(46)41-30-15-13-27-19-34(38(47)48)42-32(27)20-30;/h5-6,9-10,13-17,19-20,24,26,29,33,42H,2-4,7-8,11-12,18,21,39H2,1H3,(H,40,45)(H,41,46)(H,43,44)(H,47,48);1H/t24?,26?,33-;/m0./s1. The van der Waals surface area contributed by atoms with Crippen LogP contribution in [0.4, 0.5) is 5.69 Å². The summed E-state index contributed by atoms with van der Waals surface area (Å²) in [5, 5.41) is 19.1. The van der Waals surface area contributed by atoms with Crippen LogP contribution in [0.5, 0.6) is 0 Å². The maximum atomic E-state index is 13.7. The van der Waals surface area contributed by atoms with Crippen LogP contribution in [0, 0.1) is 18.8 Å². The zero-order valence-corrected chi connectivity index (χ0v) is 28.4. The molecule has 10 nitrogen and oxygen atoms in total. The lowest BCUT2D eigenvalue weighted by Crippen LogP contribution is -2.48. The van der Waals surface area contributed by atoms with Crippen molar-refractivity contribution >= 4 is 52.7 Å². The van der Waals surface area contributed by atoms with E-state index in [-0.39, 0.29) is 54.2 Å². The Morgan fingerprint density at radius 3 is 2.29 bits per heavy atom. The molecule has 1 aromatic heterocycles. The Morgan fingerprint density at radius 2 is 1.65 bits per heavy atom. The monoisotopic (exact) mass is 685 g/mol. The average molecular weight is 686 g/mol. The smallest absolute Gasteiger partial charge is 0.352 e. The summed E-state index contributed by atoms with van der Waals surface area (Å²) < 4.78 is 0. The van der Waals surface area contributed by atoms with Gasteiger partial charge >= 0.3 is 5.97 Å². The number of aromatic nitrogens is 1. The minimum Gasteiger partial charge on any atom is -0.477 e. The van der Waals surface area contributed by atoms with E-state index in [1.165, 1.54) is 6.07 Å². The number of carboxylic acid groups (broad SMARTS) is 1. The molecule has 0 aliphatic heterocycles. The van der Waals surface area contributed by atoms with Gasteiger partial charge in [0, 0.05) is 40.5 Å². The van der Waals surface area contributed by atoms with Crippen LogP contribution in [-0.2, 0) is 16.0 Å². The molecule has 2 saturated carbocycles. The van der Waals surface area contributed by atoms with E-state index in [0.717, 1.165) is 67.2 Å². The molecule has 4 aromatic rings. The number of anilines is 1. The van der Waals surface area contributed by atoms with Gasteiger partial charge in [0.2, 0.25) is 11.8 Å². The van der Waals surface area contributed by atoms with E-state index in [0.29, 0.717) is 34.6 Å². The topological polar surface area (TPSA) is 166 Å². The third-order valence-corrected chi connectivity index (χ3v) is 9.94. The van der Waals surface area contributed by atoms with E-state index >= 15 is 0 Å². The number of nitrogens with two attached hydrogens (primary N) is 1. The Morgan fingerprint density at radius 1 is 0.918 bits per heavy atom. The van der Waals surface area contributed by atoms with Gasteiger partial charge in [-0.05, 0) is 117 Å². The van der Waals surface area contributed by atoms with Crippen LogP contribution in [0.3, 0.4) is 0 Å². The summed E-state index contributed by atoms with van der Waals surface area (Å²) in [6.45, 7) is 2.61. The van der Waals surface area contributed by atoms with Crippen molar-refractivity contribution in [1.82, 2.24) is 15.6 Å². The number of rotatable bonds is 11. The lowest BCUT2D eigenvalue weighted by molar-refractivity contribution is -0.130. The number of aromatic carboxylic acids is 1. The van der Waals surface area contributed by atoms with Crippen LogP contribution in [0.1, 0.15) is 76.9 Å². The number of carbonyl (C=O) groups is 4. The van der Waals surface area contributed by atoms with Crippen LogP contribution < -0.4 is 21.7 Å². The molecule has 1 heterocycles. The lowest BCUT2D eigenvalue weighted by Gasteiger charge is -2.28. The number of benzene rings is 3. The molecule has 0 bridgehead atoms. The molecular weight excluding hydrogens is 642 g/mol. The predicted octanol–water partition coefficient (Wildman–Crippen LogP) is 5.98. The summed E-state index contributed by atoms with van der Waals surface area (Å²) >= 11 is 0. The van der Waals surface area contributed by atoms with Gasteiger partial charge in [0.15, 0.2) is 0 Å². The van der Waals surface area contributed by atoms with Crippen LogP contribution in [-0.4, -0.2) is 52.4 Å². The van der Waals surface area contributed by atoms with E-state index in [2.05, 4.69) is 20.9 Å². The first-order valence-corrected chi connectivity index (χ1v) is 16.8. The third-order valence-electron chi connectivity index (χ3n) is 9.94. The molecule has 1 atom stereocenters. The number of amides is 3. The van der Waals surface area contributed by atoms with E-state index in [9.17, 15) is 24.3 Å². The van der Waals surface area contributed by atoms with Gasteiger partial charge < -0.3 is 31.8 Å². The molecule has 2 fully saturated rings. The summed E-state index contributed by atoms with van der Waals surface area (Å²) in [5.41, 5.74) is 11.5. The maximum absolute atomic E-state index is 13.7. The van der Waals surface area contributed by atoms with Gasteiger partial charge in [0.25, 0.3) is 5.91 Å². The number of nitrogens with one attached hydrogen (secondary N) is 4. The van der Waals surface area contributed by atoms with E-state index < -0.39 is 12.0 Å². The summed E-state index contributed by atoms with van der Waals surface area (Å²) in [7, 11) is 0. The zero-order chi connectivity index (χ0) is 33.8. The molecule has 258 valence electrons. The van der Waals surface area contributed by atoms with Crippen molar-refractivity contribution in [2.75, 3.05) is 11.9 Å². The average Bonchev–Trinajstić information content (AvgIpc) is 3.50. The van der Waals surface area contributed by atoms with E-state index in [1.54, 1.807) is 18.2 Å². The number of carbonyl (C=O) groups excluding carboxylic acids is 3. The number of carboxylic acids is 1. The van der Waals surface area contributed by atoms with Crippen LogP contribution in [0.25, 0.3) is 22.0 Å². The zero-order valence-electron chi connectivity index (χ0n) is 27.6. The fraction of sp³-hybridized carbons (Fsp3) is 0.368. The van der Waals surface area contributed by atoms with Gasteiger partial charge in [0.1, 0.15) is 11.7 Å². The molecule has 11 heteroatoms. The highest BCUT2D eigenvalue weighted by Crippen LogP contribution is 2.29. The van der Waals surface area contributed by atoms with E-state index in [4.69, 9.17) is 5.73 Å². The Labute approximate surface area is 292 Å². The SMILES string of the molecule is Cc1cc(C(=O)NC2CCC2)ccc1-c1ccc(C[C@H](NC(=O)C2CCC(CN)CC2)C(=O)Nc2ccc3cc(C(=O)O)[nH]c3c2)cc1.Cl. The van der Waals surface area contributed by atoms with Crippen LogP contribution in [0.15, 0.2) is 66.7 Å². The first kappa shape index (κ1) is 35.6. The molecule has 6 rings (SSSR count). The minimum atomic E-state index is -1.06. The summed E-state index contributed by atoms with van der Waals surface area (Å²) in [6.07, 6.45) is 6.79. The number of hydrogen-bond donors (Lipinski definition) is 6. The quantitative estimate of drug-likeness (QED) is 0.114. The second kappa shape index (κ2) is 15.7. The highest BCUT2D eigenvalue weighted by Gasteiger charge is 2.29. The highest BCUT2D eigenvalue weighted by atomic mass is 35.5. The maximum Gasteiger partial charge on any atom is 0.352 e. The van der Waals surface area contributed by atoms with E-state index in [1.807, 2.05) is 49.4 Å². The lowest BCUT2D eigenvalue weighted by atomic mass is 9.81. The van der Waals surface area contributed by atoms with Crippen molar-refractivity contribution in [3.8, 4) is 11.1 Å². The first-order chi connectivity index (χ1) is 23.2. The first-order valence-electron chi connectivity index (χ1n) is 16.8. The molecule has 2 aliphatic carbocycles. The molecule has 0 radical (unpaired) electrons. The summed E-state index contributed by atoms with van der Waals surface area (Å²) in [5.74, 6) is -1.34. The molecule has 2 aliphatic rings. The van der Waals surface area contributed by atoms with Gasteiger partial charge in [-0.1, -0.05) is 36.4 Å². The predicted molar refractivity (Wildman–Crippen MR) is 193 cm³/mol. The van der Waals surface area contributed by atoms with Gasteiger partial charge in [-0.25, -0.2) is 4.79 Å². The normalized spacial score (nSPS) is 18.1. The molecule has 0 unspecified atom stereocenters. The number of H-pyrrole nitrogens is 1. The Bertz CT molecular complexity index is 1830. The van der Waals surface area contributed by atoms with Crippen molar-refractivity contribution in [1.29, 1.82) is 0 Å². The van der Waals surface area contributed by atoms with Crippen molar-refractivity contribution in [2.45, 2.75) is 70.4 Å². The second-order valence-corrected chi connectivity index (χ2v) is 13.3. The largest absolute Gasteiger partial charge is 0.477 e. The third kappa shape index (κ3) is 8.50. The van der Waals surface area contributed by atoms with Gasteiger partial charge in [0.05, 0.1) is 0 Å². The number of fused-ring (bicyclic) bond motifs is 1. The van der Waals surface area contributed by atoms with Crippen LogP contribution >= 0.6 is 12.4 Å².